The van der Waals surface area contributed by atoms with Gasteiger partial charge in [-0.25, -0.2) is 4.98 Å². The first-order valence-electron chi connectivity index (χ1n) is 5.89. The van der Waals surface area contributed by atoms with E-state index in [-0.39, 0.29) is 11.9 Å². The quantitative estimate of drug-likeness (QED) is 0.685. The van der Waals surface area contributed by atoms with Gasteiger partial charge in [0.1, 0.15) is 16.8 Å². The summed E-state index contributed by atoms with van der Waals surface area (Å²) in [5.74, 6) is 0.631. The predicted molar refractivity (Wildman–Crippen MR) is 74.4 cm³/mol. The van der Waals surface area contributed by atoms with E-state index < -0.39 is 0 Å². The van der Waals surface area contributed by atoms with Gasteiger partial charge in [0.05, 0.1) is 0 Å². The van der Waals surface area contributed by atoms with Crippen molar-refractivity contribution in [2.75, 3.05) is 5.32 Å². The van der Waals surface area contributed by atoms with Gasteiger partial charge in [0.15, 0.2) is 0 Å². The smallest absolute Gasteiger partial charge is 0.242 e. The number of rotatable bonds is 5. The van der Waals surface area contributed by atoms with Crippen molar-refractivity contribution in [2.24, 2.45) is 5.73 Å². The number of pyridine rings is 1. The first-order valence-corrected chi connectivity index (χ1v) is 6.30. The zero-order valence-corrected chi connectivity index (χ0v) is 11.0. The van der Waals surface area contributed by atoms with Crippen LogP contribution in [0.5, 0.6) is 0 Å². The molecule has 96 valence electrons. The summed E-state index contributed by atoms with van der Waals surface area (Å²) in [6.07, 6.45) is 3.76. The van der Waals surface area contributed by atoms with E-state index in [0.29, 0.717) is 22.4 Å². The van der Waals surface area contributed by atoms with Crippen molar-refractivity contribution in [1.29, 1.82) is 0 Å². The summed E-state index contributed by atoms with van der Waals surface area (Å²) >= 11 is 4.84. The lowest BCUT2D eigenvalue weighted by molar-refractivity contribution is -0.121. The molecular weight excluding hydrogens is 248 g/mol. The number of thiocarbonyl (C=S) groups is 1. The van der Waals surface area contributed by atoms with Crippen LogP contribution in [0.2, 0.25) is 0 Å². The normalized spacial score (nSPS) is 15.8. The largest absolute Gasteiger partial charge is 0.389 e. The Morgan fingerprint density at radius 3 is 2.78 bits per heavy atom. The van der Waals surface area contributed by atoms with Crippen LogP contribution in [0.15, 0.2) is 18.3 Å². The summed E-state index contributed by atoms with van der Waals surface area (Å²) in [6.45, 7) is 1.81. The highest BCUT2D eigenvalue weighted by Gasteiger charge is 2.25. The molecule has 0 aromatic carbocycles. The number of carbonyl (C=O) groups excluding carboxylic acids is 1. The van der Waals surface area contributed by atoms with Crippen molar-refractivity contribution in [3.63, 3.8) is 0 Å². The van der Waals surface area contributed by atoms with E-state index in [1.54, 1.807) is 25.3 Å². The topological polar surface area (TPSA) is 80.0 Å². The van der Waals surface area contributed by atoms with Crippen LogP contribution in [0, 0.1) is 0 Å². The lowest BCUT2D eigenvalue weighted by atomic mass is 10.2. The van der Waals surface area contributed by atoms with Crippen LogP contribution in [0.1, 0.15) is 25.3 Å². The molecular formula is C12H16N4OS. The van der Waals surface area contributed by atoms with Gasteiger partial charge < -0.3 is 16.4 Å². The Bertz CT molecular complexity index is 456. The third kappa shape index (κ3) is 3.40. The predicted octanol–water partition coefficient (Wildman–Crippen LogP) is 0.795. The summed E-state index contributed by atoms with van der Waals surface area (Å²) in [5.41, 5.74) is 6.20. The minimum atomic E-state index is -0.311. The second-order valence-corrected chi connectivity index (χ2v) is 4.89. The molecule has 0 radical (unpaired) electrons. The van der Waals surface area contributed by atoms with Crippen LogP contribution < -0.4 is 16.4 Å². The van der Waals surface area contributed by atoms with E-state index >= 15 is 0 Å². The van der Waals surface area contributed by atoms with Crippen molar-refractivity contribution in [2.45, 2.75) is 31.8 Å². The molecule has 1 amide bonds. The Hall–Kier alpha value is -1.69. The summed E-state index contributed by atoms with van der Waals surface area (Å²) in [4.78, 5) is 16.2. The van der Waals surface area contributed by atoms with Gasteiger partial charge in [-0.15, -0.1) is 0 Å². The van der Waals surface area contributed by atoms with Gasteiger partial charge in [0.25, 0.3) is 0 Å². The van der Waals surface area contributed by atoms with Crippen molar-refractivity contribution >= 4 is 28.9 Å². The molecule has 1 heterocycles. The van der Waals surface area contributed by atoms with E-state index in [0.717, 1.165) is 12.8 Å². The Morgan fingerprint density at radius 1 is 1.56 bits per heavy atom. The summed E-state index contributed by atoms with van der Waals surface area (Å²) in [5, 5.41) is 5.97. The van der Waals surface area contributed by atoms with Crippen LogP contribution in [-0.2, 0) is 4.79 Å². The molecule has 1 atom stereocenters. The average molecular weight is 264 g/mol. The van der Waals surface area contributed by atoms with Crippen molar-refractivity contribution in [1.82, 2.24) is 10.3 Å². The number of nitrogens with zero attached hydrogens (tertiary/aromatic N) is 1. The highest BCUT2D eigenvalue weighted by atomic mass is 32.1. The monoisotopic (exact) mass is 264 g/mol. The summed E-state index contributed by atoms with van der Waals surface area (Å²) in [7, 11) is 0. The molecule has 6 heteroatoms. The zero-order chi connectivity index (χ0) is 13.1. The molecule has 4 N–H and O–H groups in total. The molecule has 0 saturated heterocycles. The van der Waals surface area contributed by atoms with Gasteiger partial charge in [0, 0.05) is 17.8 Å². The highest BCUT2D eigenvalue weighted by molar-refractivity contribution is 7.80. The first-order chi connectivity index (χ1) is 8.56. The second kappa shape index (κ2) is 5.30. The molecule has 0 spiro atoms. The molecule has 0 bridgehead atoms. The molecule has 1 aliphatic rings. The standard InChI is InChI=1S/C12H16N4OS/c1-7(12(17)16-9-3-4-9)15-10-5-2-8(6-14-10)11(13)18/h2,5-7,9H,3-4H2,1H3,(H2,13,18)(H,14,15)(H,16,17). The van der Waals surface area contributed by atoms with Gasteiger partial charge in [-0.05, 0) is 31.9 Å². The molecule has 1 unspecified atom stereocenters. The molecule has 1 aliphatic carbocycles. The number of hydrogen-bond acceptors (Lipinski definition) is 4. The maximum absolute atomic E-state index is 11.7. The molecule has 1 aromatic rings. The molecule has 0 aliphatic heterocycles. The van der Waals surface area contributed by atoms with Gasteiger partial charge in [0.2, 0.25) is 5.91 Å². The number of hydrogen-bond donors (Lipinski definition) is 3. The Balaban J connectivity index is 1.91. The minimum absolute atomic E-state index is 0.00211. The molecule has 1 aromatic heterocycles. The number of carbonyl (C=O) groups is 1. The number of aromatic nitrogens is 1. The Morgan fingerprint density at radius 2 is 2.28 bits per heavy atom. The SMILES string of the molecule is CC(Nc1ccc(C(N)=S)cn1)C(=O)NC1CC1. The summed E-state index contributed by atoms with van der Waals surface area (Å²) < 4.78 is 0. The van der Waals surface area contributed by atoms with E-state index in [4.69, 9.17) is 18.0 Å². The minimum Gasteiger partial charge on any atom is -0.389 e. The number of nitrogens with two attached hydrogens (primary N) is 1. The average Bonchev–Trinajstić information content (AvgIpc) is 3.13. The first kappa shape index (κ1) is 12.8. The van der Waals surface area contributed by atoms with Crippen LogP contribution in [0.25, 0.3) is 0 Å². The molecule has 1 saturated carbocycles. The zero-order valence-electron chi connectivity index (χ0n) is 10.1. The maximum atomic E-state index is 11.7. The lowest BCUT2D eigenvalue weighted by Gasteiger charge is -2.14. The lowest BCUT2D eigenvalue weighted by Crippen LogP contribution is -2.38. The molecule has 5 nitrogen and oxygen atoms in total. The van der Waals surface area contributed by atoms with Crippen LogP contribution >= 0.6 is 12.2 Å². The van der Waals surface area contributed by atoms with Crippen molar-refractivity contribution in [3.8, 4) is 0 Å². The van der Waals surface area contributed by atoms with Gasteiger partial charge in [-0.3, -0.25) is 4.79 Å². The van der Waals surface area contributed by atoms with Crippen molar-refractivity contribution < 1.29 is 4.79 Å². The summed E-state index contributed by atoms with van der Waals surface area (Å²) in [6, 6.07) is 3.60. The number of amides is 1. The van der Waals surface area contributed by atoms with Crippen LogP contribution in [0.4, 0.5) is 5.82 Å². The molecule has 18 heavy (non-hydrogen) atoms. The van der Waals surface area contributed by atoms with Crippen LogP contribution in [0.3, 0.4) is 0 Å². The Kier molecular flexibility index (Phi) is 3.76. The molecule has 1 fully saturated rings. The number of nitrogens with one attached hydrogen (secondary N) is 2. The fourth-order valence-electron chi connectivity index (χ4n) is 1.47. The molecule has 2 rings (SSSR count). The van der Waals surface area contributed by atoms with Gasteiger partial charge >= 0.3 is 0 Å². The highest BCUT2D eigenvalue weighted by Crippen LogP contribution is 2.18. The second-order valence-electron chi connectivity index (χ2n) is 4.45. The fraction of sp³-hybridized carbons (Fsp3) is 0.417. The van der Waals surface area contributed by atoms with Gasteiger partial charge in [-0.1, -0.05) is 12.2 Å². The van der Waals surface area contributed by atoms with E-state index in [2.05, 4.69) is 15.6 Å². The van der Waals surface area contributed by atoms with Crippen molar-refractivity contribution in [3.05, 3.63) is 23.9 Å². The van der Waals surface area contributed by atoms with E-state index in [9.17, 15) is 4.79 Å². The Labute approximate surface area is 111 Å². The van der Waals surface area contributed by atoms with E-state index in [1.807, 2.05) is 0 Å². The number of anilines is 1. The fourth-order valence-corrected chi connectivity index (χ4v) is 1.59. The van der Waals surface area contributed by atoms with E-state index in [1.165, 1.54) is 0 Å². The maximum Gasteiger partial charge on any atom is 0.242 e. The third-order valence-electron chi connectivity index (χ3n) is 2.73. The van der Waals surface area contributed by atoms with Crippen LogP contribution in [-0.4, -0.2) is 28.0 Å². The van der Waals surface area contributed by atoms with Gasteiger partial charge in [-0.2, -0.15) is 0 Å². The third-order valence-corrected chi connectivity index (χ3v) is 2.97.